The third-order valence-corrected chi connectivity index (χ3v) is 5.94. The van der Waals surface area contributed by atoms with Crippen LogP contribution < -0.4 is 10.6 Å². The van der Waals surface area contributed by atoms with Crippen LogP contribution in [0.5, 0.6) is 0 Å². The van der Waals surface area contributed by atoms with Gasteiger partial charge in [0, 0.05) is 34.7 Å². The zero-order chi connectivity index (χ0) is 16.2. The molecule has 0 aromatic carbocycles. The van der Waals surface area contributed by atoms with Crippen LogP contribution in [0.3, 0.4) is 0 Å². The molecule has 1 saturated carbocycles. The maximum absolute atomic E-state index is 12.1. The van der Waals surface area contributed by atoms with Crippen LogP contribution in [0.25, 0.3) is 0 Å². The molecule has 0 unspecified atom stereocenters. The van der Waals surface area contributed by atoms with Gasteiger partial charge in [-0.2, -0.15) is 0 Å². The van der Waals surface area contributed by atoms with Gasteiger partial charge in [-0.1, -0.05) is 6.07 Å². The molecule has 122 valence electrons. The summed E-state index contributed by atoms with van der Waals surface area (Å²) in [6, 6.07) is 7.92. The van der Waals surface area contributed by atoms with E-state index in [1.807, 2.05) is 11.4 Å². The minimum absolute atomic E-state index is 0.0401. The average molecular weight is 348 g/mol. The van der Waals surface area contributed by atoms with Gasteiger partial charge in [0.2, 0.25) is 5.91 Å². The van der Waals surface area contributed by atoms with E-state index in [1.165, 1.54) is 21.1 Å². The van der Waals surface area contributed by atoms with Crippen molar-refractivity contribution in [2.75, 3.05) is 13.1 Å². The second-order valence-electron chi connectivity index (χ2n) is 5.77. The van der Waals surface area contributed by atoms with Crippen LogP contribution in [-0.4, -0.2) is 24.9 Å². The fraction of sp³-hybridized carbons (Fsp3) is 0.412. The molecule has 0 aliphatic heterocycles. The molecule has 23 heavy (non-hydrogen) atoms. The second-order valence-corrected chi connectivity index (χ2v) is 8.04. The third-order valence-electron chi connectivity index (χ3n) is 3.94. The molecule has 1 aliphatic carbocycles. The first-order valence-corrected chi connectivity index (χ1v) is 9.50. The fourth-order valence-electron chi connectivity index (χ4n) is 2.58. The lowest BCUT2D eigenvalue weighted by atomic mass is 10.2. The summed E-state index contributed by atoms with van der Waals surface area (Å²) in [7, 11) is 0. The Bertz CT molecular complexity index is 679. The molecule has 0 spiro atoms. The highest BCUT2D eigenvalue weighted by Crippen LogP contribution is 2.49. The number of carbonyl (C=O) groups is 2. The standard InChI is InChI=1S/C17H20N2O2S2/c1-11-5-6-14(23-11)12-10-13(12)16(20)18-7-3-8-19-17(21)15-4-2-9-22-15/h2,4-6,9,12-13H,3,7-8,10H2,1H3,(H,18,20)(H,19,21)/t12-,13-/m0/s1. The predicted octanol–water partition coefficient (Wildman–Crippen LogP) is 3.16. The Hall–Kier alpha value is -1.66. The molecule has 2 N–H and O–H groups in total. The van der Waals surface area contributed by atoms with Crippen LogP contribution in [0.4, 0.5) is 0 Å². The Kier molecular flexibility index (Phi) is 5.13. The molecule has 1 aliphatic rings. The van der Waals surface area contributed by atoms with Crippen LogP contribution in [0.1, 0.15) is 38.2 Å². The van der Waals surface area contributed by atoms with E-state index in [9.17, 15) is 9.59 Å². The van der Waals surface area contributed by atoms with Gasteiger partial charge >= 0.3 is 0 Å². The van der Waals surface area contributed by atoms with E-state index in [0.717, 1.165) is 17.7 Å². The molecular formula is C17H20N2O2S2. The maximum Gasteiger partial charge on any atom is 0.261 e. The number of carbonyl (C=O) groups excluding carboxylic acids is 2. The Labute approximate surface area is 143 Å². The SMILES string of the molecule is Cc1ccc([C@H]2C[C@@H]2C(=O)NCCCNC(=O)c2cccs2)s1. The predicted molar refractivity (Wildman–Crippen MR) is 94.2 cm³/mol. The fourth-order valence-corrected chi connectivity index (χ4v) is 4.28. The number of hydrogen-bond donors (Lipinski definition) is 2. The number of aryl methyl sites for hydroxylation is 1. The summed E-state index contributed by atoms with van der Waals surface area (Å²) >= 11 is 3.22. The van der Waals surface area contributed by atoms with Crippen molar-refractivity contribution < 1.29 is 9.59 Å². The van der Waals surface area contributed by atoms with Crippen molar-refractivity contribution in [1.29, 1.82) is 0 Å². The van der Waals surface area contributed by atoms with Gasteiger partial charge in [-0.25, -0.2) is 0 Å². The molecule has 4 nitrogen and oxygen atoms in total. The Morgan fingerprint density at radius 1 is 1.22 bits per heavy atom. The second kappa shape index (κ2) is 7.27. The van der Waals surface area contributed by atoms with Crippen LogP contribution >= 0.6 is 22.7 Å². The van der Waals surface area contributed by atoms with E-state index < -0.39 is 0 Å². The normalized spacial score (nSPS) is 19.3. The molecule has 0 saturated heterocycles. The number of rotatable bonds is 7. The van der Waals surface area contributed by atoms with E-state index in [0.29, 0.717) is 19.0 Å². The lowest BCUT2D eigenvalue weighted by Crippen LogP contribution is -2.30. The monoisotopic (exact) mass is 348 g/mol. The minimum atomic E-state index is -0.0401. The Morgan fingerprint density at radius 3 is 2.74 bits per heavy atom. The van der Waals surface area contributed by atoms with E-state index in [1.54, 1.807) is 17.4 Å². The van der Waals surface area contributed by atoms with Gasteiger partial charge in [0.25, 0.3) is 5.91 Å². The molecule has 2 atom stereocenters. The van der Waals surface area contributed by atoms with Crippen LogP contribution in [0, 0.1) is 12.8 Å². The van der Waals surface area contributed by atoms with Crippen LogP contribution in [0.15, 0.2) is 29.6 Å². The Morgan fingerprint density at radius 2 is 2.04 bits per heavy atom. The molecule has 6 heteroatoms. The van der Waals surface area contributed by atoms with E-state index in [4.69, 9.17) is 0 Å². The quantitative estimate of drug-likeness (QED) is 0.755. The summed E-state index contributed by atoms with van der Waals surface area (Å²) in [6.07, 6.45) is 1.71. The highest BCUT2D eigenvalue weighted by Gasteiger charge is 2.44. The molecule has 2 heterocycles. The summed E-state index contributed by atoms with van der Waals surface area (Å²) in [5.41, 5.74) is 0. The van der Waals surface area contributed by atoms with Gasteiger partial charge in [0.1, 0.15) is 0 Å². The van der Waals surface area contributed by atoms with Crippen molar-refractivity contribution in [3.63, 3.8) is 0 Å². The first-order valence-electron chi connectivity index (χ1n) is 7.81. The van der Waals surface area contributed by atoms with Gasteiger partial charge in [-0.3, -0.25) is 9.59 Å². The first kappa shape index (κ1) is 16.2. The molecule has 1 fully saturated rings. The highest BCUT2D eigenvalue weighted by atomic mass is 32.1. The van der Waals surface area contributed by atoms with E-state index in [-0.39, 0.29) is 17.7 Å². The number of thiophene rings is 2. The molecule has 2 aromatic rings. The average Bonchev–Trinajstić information content (AvgIpc) is 2.95. The summed E-state index contributed by atoms with van der Waals surface area (Å²) in [5, 5.41) is 7.72. The molecular weight excluding hydrogens is 328 g/mol. The molecule has 0 radical (unpaired) electrons. The smallest absolute Gasteiger partial charge is 0.261 e. The molecule has 2 aromatic heterocycles. The van der Waals surface area contributed by atoms with Crippen LogP contribution in [0.2, 0.25) is 0 Å². The van der Waals surface area contributed by atoms with Crippen molar-refractivity contribution in [2.24, 2.45) is 5.92 Å². The number of amides is 2. The first-order chi connectivity index (χ1) is 11.1. The lowest BCUT2D eigenvalue weighted by molar-refractivity contribution is -0.122. The number of hydrogen-bond acceptors (Lipinski definition) is 4. The number of nitrogens with one attached hydrogen (secondary N) is 2. The maximum atomic E-state index is 12.1. The lowest BCUT2D eigenvalue weighted by Gasteiger charge is -2.06. The summed E-state index contributed by atoms with van der Waals surface area (Å²) in [5.74, 6) is 0.647. The molecule has 0 bridgehead atoms. The van der Waals surface area contributed by atoms with Crippen molar-refractivity contribution >= 4 is 34.5 Å². The summed E-state index contributed by atoms with van der Waals surface area (Å²) in [4.78, 5) is 27.2. The van der Waals surface area contributed by atoms with Crippen molar-refractivity contribution in [2.45, 2.75) is 25.7 Å². The van der Waals surface area contributed by atoms with Crippen molar-refractivity contribution in [3.05, 3.63) is 44.3 Å². The van der Waals surface area contributed by atoms with Gasteiger partial charge in [-0.15, -0.1) is 22.7 Å². The summed E-state index contributed by atoms with van der Waals surface area (Å²) < 4.78 is 0. The summed E-state index contributed by atoms with van der Waals surface area (Å²) in [6.45, 7) is 3.28. The topological polar surface area (TPSA) is 58.2 Å². The van der Waals surface area contributed by atoms with E-state index in [2.05, 4.69) is 29.7 Å². The molecule has 2 amide bonds. The van der Waals surface area contributed by atoms with Crippen molar-refractivity contribution in [1.82, 2.24) is 10.6 Å². The zero-order valence-electron chi connectivity index (χ0n) is 13.0. The van der Waals surface area contributed by atoms with Crippen LogP contribution in [-0.2, 0) is 4.79 Å². The van der Waals surface area contributed by atoms with E-state index >= 15 is 0 Å². The van der Waals surface area contributed by atoms with Gasteiger partial charge in [0.15, 0.2) is 0 Å². The van der Waals surface area contributed by atoms with Gasteiger partial charge in [0.05, 0.1) is 4.88 Å². The molecule has 3 rings (SSSR count). The van der Waals surface area contributed by atoms with Gasteiger partial charge in [-0.05, 0) is 43.3 Å². The van der Waals surface area contributed by atoms with Crippen molar-refractivity contribution in [3.8, 4) is 0 Å². The highest BCUT2D eigenvalue weighted by molar-refractivity contribution is 7.12. The Balaban J connectivity index is 1.31. The zero-order valence-corrected chi connectivity index (χ0v) is 14.6. The largest absolute Gasteiger partial charge is 0.356 e. The minimum Gasteiger partial charge on any atom is -0.356 e. The van der Waals surface area contributed by atoms with Gasteiger partial charge < -0.3 is 10.6 Å². The third kappa shape index (κ3) is 4.20.